The highest BCUT2D eigenvalue weighted by molar-refractivity contribution is 8.00. The number of hydrogen-bond donors (Lipinski definition) is 1. The summed E-state index contributed by atoms with van der Waals surface area (Å²) in [6, 6.07) is 17.8. The molecule has 0 saturated heterocycles. The van der Waals surface area contributed by atoms with Gasteiger partial charge in [0.25, 0.3) is 5.69 Å². The largest absolute Gasteiger partial charge is 0.378 e. The number of nitrogens with one attached hydrogen (secondary N) is 1. The van der Waals surface area contributed by atoms with E-state index in [1.807, 2.05) is 30.3 Å². The van der Waals surface area contributed by atoms with E-state index >= 15 is 0 Å². The number of benzene rings is 3. The lowest BCUT2D eigenvalue weighted by molar-refractivity contribution is -0.387. The van der Waals surface area contributed by atoms with E-state index in [4.69, 9.17) is 34.8 Å². The highest BCUT2D eigenvalue weighted by atomic mass is 35.5. The highest BCUT2D eigenvalue weighted by Gasteiger charge is 2.50. The van der Waals surface area contributed by atoms with Gasteiger partial charge in [0.15, 0.2) is 5.78 Å². The summed E-state index contributed by atoms with van der Waals surface area (Å²) < 4.78 is 0. The Morgan fingerprint density at radius 3 is 2.57 bits per heavy atom. The Balaban J connectivity index is 1.58. The number of ketones is 1. The molecule has 1 heterocycles. The molecule has 180 valence electrons. The van der Waals surface area contributed by atoms with Crippen molar-refractivity contribution in [2.75, 3.05) is 5.32 Å². The molecule has 2 aliphatic rings. The van der Waals surface area contributed by atoms with E-state index < -0.39 is 0 Å². The number of nitro benzene ring substituents is 1. The number of fused-ring (bicyclic) bond motifs is 3. The number of thioether (sulfide) groups is 1. The van der Waals surface area contributed by atoms with E-state index in [9.17, 15) is 14.9 Å². The number of carbonyl (C=O) groups is 1. The number of nitrogens with zero attached hydrogens (tertiary/aromatic N) is 1. The van der Waals surface area contributed by atoms with Crippen molar-refractivity contribution < 1.29 is 9.72 Å². The number of anilines is 1. The number of Topliss-reactive ketones (excluding diaryl/α,β-unsaturated/α-hetero) is 1. The summed E-state index contributed by atoms with van der Waals surface area (Å²) >= 11 is 21.4. The molecule has 1 saturated carbocycles. The van der Waals surface area contributed by atoms with Crippen LogP contribution >= 0.6 is 46.6 Å². The van der Waals surface area contributed by atoms with Gasteiger partial charge in [-0.15, -0.1) is 23.4 Å². The molecule has 1 N–H and O–H groups in total. The lowest BCUT2D eigenvalue weighted by Gasteiger charge is -2.39. The zero-order chi connectivity index (χ0) is 24.9. The third kappa shape index (κ3) is 4.53. The second-order valence-electron chi connectivity index (χ2n) is 8.90. The Kier molecular flexibility index (Phi) is 6.75. The van der Waals surface area contributed by atoms with Crippen molar-refractivity contribution in [3.05, 3.63) is 97.5 Å². The lowest BCUT2D eigenvalue weighted by Crippen LogP contribution is -2.31. The average Bonchev–Trinajstić information content (AvgIpc) is 3.15. The molecule has 0 spiro atoms. The maximum atomic E-state index is 12.1. The van der Waals surface area contributed by atoms with Gasteiger partial charge in [-0.2, -0.15) is 0 Å². The summed E-state index contributed by atoms with van der Waals surface area (Å²) in [7, 11) is 0. The number of rotatable bonds is 5. The van der Waals surface area contributed by atoms with Crippen LogP contribution in [0.1, 0.15) is 46.8 Å². The van der Waals surface area contributed by atoms with Gasteiger partial charge in [0, 0.05) is 38.5 Å². The number of para-hydroxylation sites is 1. The Morgan fingerprint density at radius 2 is 1.86 bits per heavy atom. The molecule has 5 nitrogen and oxygen atoms in total. The summed E-state index contributed by atoms with van der Waals surface area (Å²) in [5.74, 6) is -0.0162. The third-order valence-electron chi connectivity index (χ3n) is 6.86. The van der Waals surface area contributed by atoms with Gasteiger partial charge in [0.05, 0.1) is 21.2 Å². The van der Waals surface area contributed by atoms with Crippen LogP contribution in [0.15, 0.2) is 65.6 Å². The van der Waals surface area contributed by atoms with Crippen LogP contribution < -0.4 is 5.32 Å². The third-order valence-corrected chi connectivity index (χ3v) is 9.53. The Hall–Kier alpha value is -2.25. The molecule has 3 aromatic rings. The Bertz CT molecular complexity index is 1330. The van der Waals surface area contributed by atoms with Gasteiger partial charge in [-0.3, -0.25) is 14.9 Å². The van der Waals surface area contributed by atoms with Gasteiger partial charge in [-0.25, -0.2) is 0 Å². The fourth-order valence-corrected chi connectivity index (χ4v) is 7.74. The minimum Gasteiger partial charge on any atom is -0.378 e. The molecular weight excluding hydrogens is 527 g/mol. The molecule has 0 unspecified atom stereocenters. The molecule has 0 bridgehead atoms. The molecule has 5 rings (SSSR count). The zero-order valence-electron chi connectivity index (χ0n) is 18.6. The Morgan fingerprint density at radius 1 is 1.09 bits per heavy atom. The fraction of sp³-hybridized carbons (Fsp3) is 0.269. The van der Waals surface area contributed by atoms with Crippen molar-refractivity contribution in [1.82, 2.24) is 0 Å². The summed E-state index contributed by atoms with van der Waals surface area (Å²) in [6.45, 7) is 1.55. The predicted molar refractivity (Wildman–Crippen MR) is 143 cm³/mol. The number of nitro groups is 1. The molecule has 0 amide bonds. The van der Waals surface area contributed by atoms with Crippen LogP contribution in [0.3, 0.4) is 0 Å². The van der Waals surface area contributed by atoms with Crippen molar-refractivity contribution in [2.24, 2.45) is 5.92 Å². The first-order chi connectivity index (χ1) is 16.7. The summed E-state index contributed by atoms with van der Waals surface area (Å²) in [6.07, 6.45) is 0.718. The van der Waals surface area contributed by atoms with Crippen LogP contribution in [0.2, 0.25) is 10.0 Å². The molecule has 3 aromatic carbocycles. The van der Waals surface area contributed by atoms with Crippen LogP contribution in [-0.2, 0) is 0 Å². The van der Waals surface area contributed by atoms with E-state index in [2.05, 4.69) is 5.32 Å². The number of hydrogen-bond acceptors (Lipinski definition) is 5. The first kappa shape index (κ1) is 24.4. The molecule has 9 heteroatoms. The van der Waals surface area contributed by atoms with Gasteiger partial charge < -0.3 is 5.32 Å². The summed E-state index contributed by atoms with van der Waals surface area (Å²) in [5.41, 5.74) is 3.54. The van der Waals surface area contributed by atoms with E-state index in [-0.39, 0.29) is 44.9 Å². The SMILES string of the molecule is CC(=O)c1ccc2c(c1)[C@@H]1[C@@H](Cl)[C@@H](Sc3ccccc3[N+](=O)[O-])C[C@@H]1[C@H](c1ccc(Cl)cc1Cl)N2. The van der Waals surface area contributed by atoms with Crippen LogP contribution in [-0.4, -0.2) is 21.3 Å². The van der Waals surface area contributed by atoms with Crippen LogP contribution in [0.4, 0.5) is 11.4 Å². The molecule has 0 radical (unpaired) electrons. The van der Waals surface area contributed by atoms with Crippen LogP contribution in [0.25, 0.3) is 0 Å². The number of alkyl halides is 1. The zero-order valence-corrected chi connectivity index (χ0v) is 21.7. The smallest absolute Gasteiger partial charge is 0.282 e. The second-order valence-corrected chi connectivity index (χ2v) is 11.5. The van der Waals surface area contributed by atoms with Crippen LogP contribution in [0, 0.1) is 16.0 Å². The number of carbonyl (C=O) groups excluding carboxylic acids is 1. The Labute approximate surface area is 222 Å². The standard InChI is InChI=1S/C26H21Cl3N2O3S/c1-13(32)14-6-9-20-17(10-14)24-18(26(30-20)16-8-7-15(27)11-19(16)28)12-23(25(24)29)35-22-5-3-2-4-21(22)31(33)34/h2-11,18,23-26,30H,12H2,1H3/t18-,23-,24-,25-,26-/m0/s1. The quantitative estimate of drug-likeness (QED) is 0.151. The monoisotopic (exact) mass is 546 g/mol. The molecule has 1 aliphatic carbocycles. The summed E-state index contributed by atoms with van der Waals surface area (Å²) in [5, 5.41) is 16.0. The van der Waals surface area contributed by atoms with E-state index in [0.717, 1.165) is 23.2 Å². The first-order valence-corrected chi connectivity index (χ1v) is 13.2. The highest BCUT2D eigenvalue weighted by Crippen LogP contribution is 2.58. The molecular formula is C26H21Cl3N2O3S. The fourth-order valence-electron chi connectivity index (χ4n) is 5.27. The maximum absolute atomic E-state index is 12.1. The van der Waals surface area contributed by atoms with Gasteiger partial charge in [-0.05, 0) is 66.8 Å². The van der Waals surface area contributed by atoms with Crippen molar-refractivity contribution in [3.8, 4) is 0 Å². The van der Waals surface area contributed by atoms with Gasteiger partial charge in [-0.1, -0.05) is 41.4 Å². The van der Waals surface area contributed by atoms with Gasteiger partial charge in [0.2, 0.25) is 0 Å². The molecule has 0 aromatic heterocycles. The lowest BCUT2D eigenvalue weighted by atomic mass is 9.76. The van der Waals surface area contributed by atoms with Crippen molar-refractivity contribution in [3.63, 3.8) is 0 Å². The number of halogens is 3. The molecule has 35 heavy (non-hydrogen) atoms. The van der Waals surface area contributed by atoms with E-state index in [0.29, 0.717) is 20.5 Å². The predicted octanol–water partition coefficient (Wildman–Crippen LogP) is 8.14. The topological polar surface area (TPSA) is 72.2 Å². The normalized spacial score (nSPS) is 24.9. The maximum Gasteiger partial charge on any atom is 0.282 e. The van der Waals surface area contributed by atoms with Crippen molar-refractivity contribution in [2.45, 2.75) is 40.8 Å². The molecule has 5 atom stereocenters. The average molecular weight is 548 g/mol. The first-order valence-electron chi connectivity index (χ1n) is 11.1. The minimum atomic E-state index is -0.361. The molecule has 1 fully saturated rings. The minimum absolute atomic E-state index is 0.0119. The van der Waals surface area contributed by atoms with Crippen LogP contribution in [0.5, 0.6) is 0 Å². The van der Waals surface area contributed by atoms with Crippen molar-refractivity contribution in [1.29, 1.82) is 0 Å². The second kappa shape index (κ2) is 9.66. The van der Waals surface area contributed by atoms with E-state index in [1.165, 1.54) is 17.8 Å². The molecule has 1 aliphatic heterocycles. The van der Waals surface area contributed by atoms with E-state index in [1.54, 1.807) is 31.2 Å². The van der Waals surface area contributed by atoms with Crippen molar-refractivity contribution >= 4 is 63.7 Å². The van der Waals surface area contributed by atoms with Gasteiger partial charge >= 0.3 is 0 Å². The van der Waals surface area contributed by atoms with Gasteiger partial charge in [0.1, 0.15) is 0 Å². The summed E-state index contributed by atoms with van der Waals surface area (Å²) in [4.78, 5) is 23.9.